The predicted octanol–water partition coefficient (Wildman–Crippen LogP) is 3.65. The van der Waals surface area contributed by atoms with Gasteiger partial charge in [-0.3, -0.25) is 4.79 Å². The molecule has 2 aliphatic carbocycles. The second-order valence-electron chi connectivity index (χ2n) is 7.34. The van der Waals surface area contributed by atoms with E-state index in [1.54, 1.807) is 0 Å². The molecule has 4 rings (SSSR count). The molecule has 1 saturated heterocycles. The Balaban J connectivity index is 1.38. The number of ether oxygens (including phenoxy) is 3. The number of rotatable bonds is 6. The highest BCUT2D eigenvalue weighted by Gasteiger charge is 2.45. The number of benzene rings is 1. The molecule has 2 fully saturated rings. The molecule has 4 atom stereocenters. The maximum Gasteiger partial charge on any atom is 0.157 e. The number of allylic oxidation sites excluding steroid dienone is 1. The molecular formula is C21H26O4. The van der Waals surface area contributed by atoms with Crippen molar-refractivity contribution in [2.45, 2.75) is 51.1 Å². The third-order valence-corrected chi connectivity index (χ3v) is 5.56. The lowest BCUT2D eigenvalue weighted by Gasteiger charge is -2.30. The smallest absolute Gasteiger partial charge is 0.157 e. The molecule has 3 aliphatic rings. The first kappa shape index (κ1) is 17.0. The van der Waals surface area contributed by atoms with Gasteiger partial charge >= 0.3 is 0 Å². The van der Waals surface area contributed by atoms with Crippen LogP contribution in [0.2, 0.25) is 0 Å². The van der Waals surface area contributed by atoms with Crippen LogP contribution in [0, 0.1) is 11.8 Å². The normalized spacial score (nSPS) is 31.8. The topological polar surface area (TPSA) is 44.8 Å². The molecule has 0 N–H and O–H groups in total. The summed E-state index contributed by atoms with van der Waals surface area (Å²) in [7, 11) is 0. The van der Waals surface area contributed by atoms with E-state index in [0.717, 1.165) is 32.3 Å². The molecule has 0 bridgehead atoms. The lowest BCUT2D eigenvalue weighted by Crippen LogP contribution is -2.33. The third kappa shape index (κ3) is 4.02. The van der Waals surface area contributed by atoms with E-state index >= 15 is 0 Å². The third-order valence-electron chi connectivity index (χ3n) is 5.56. The molecule has 4 heteroatoms. The molecule has 1 heterocycles. The Bertz CT molecular complexity index is 618. The van der Waals surface area contributed by atoms with Crippen molar-refractivity contribution >= 4 is 5.78 Å². The molecule has 25 heavy (non-hydrogen) atoms. The van der Waals surface area contributed by atoms with E-state index in [1.165, 1.54) is 11.1 Å². The first-order valence-electron chi connectivity index (χ1n) is 9.41. The zero-order chi connectivity index (χ0) is 17.1. The lowest BCUT2D eigenvalue weighted by atomic mass is 9.93. The van der Waals surface area contributed by atoms with Crippen LogP contribution in [-0.2, 0) is 25.6 Å². The quantitative estimate of drug-likeness (QED) is 0.791. The van der Waals surface area contributed by atoms with Gasteiger partial charge in [0.15, 0.2) is 12.1 Å². The Morgan fingerprint density at radius 3 is 2.80 bits per heavy atom. The Labute approximate surface area is 149 Å². The van der Waals surface area contributed by atoms with E-state index in [0.29, 0.717) is 19.6 Å². The molecule has 134 valence electrons. The second kappa shape index (κ2) is 7.81. The minimum atomic E-state index is -0.0921. The maximum absolute atomic E-state index is 11.8. The molecule has 1 aromatic rings. The zero-order valence-corrected chi connectivity index (χ0v) is 14.6. The van der Waals surface area contributed by atoms with E-state index in [9.17, 15) is 4.79 Å². The van der Waals surface area contributed by atoms with Gasteiger partial charge in [0.05, 0.1) is 19.3 Å². The van der Waals surface area contributed by atoms with Crippen LogP contribution >= 0.6 is 0 Å². The summed E-state index contributed by atoms with van der Waals surface area (Å²) in [6.07, 6.45) is 6.55. The van der Waals surface area contributed by atoms with Gasteiger partial charge in [-0.2, -0.15) is 0 Å². The maximum atomic E-state index is 11.8. The molecule has 1 aliphatic heterocycles. The minimum Gasteiger partial charge on any atom is -0.376 e. The average molecular weight is 342 g/mol. The van der Waals surface area contributed by atoms with Gasteiger partial charge in [0, 0.05) is 18.9 Å². The van der Waals surface area contributed by atoms with Crippen LogP contribution in [0.4, 0.5) is 0 Å². The number of fused-ring (bicyclic) bond motifs is 1. The van der Waals surface area contributed by atoms with Crippen molar-refractivity contribution in [3.63, 3.8) is 0 Å². The first-order chi connectivity index (χ1) is 12.3. The highest BCUT2D eigenvalue weighted by molar-refractivity contribution is 5.93. The summed E-state index contributed by atoms with van der Waals surface area (Å²) in [6.45, 7) is 2.02. The molecule has 0 aromatic heterocycles. The van der Waals surface area contributed by atoms with Crippen molar-refractivity contribution in [1.29, 1.82) is 0 Å². The van der Waals surface area contributed by atoms with Gasteiger partial charge in [0.1, 0.15) is 0 Å². The molecule has 0 radical (unpaired) electrons. The van der Waals surface area contributed by atoms with Crippen molar-refractivity contribution in [3.05, 3.63) is 47.5 Å². The summed E-state index contributed by atoms with van der Waals surface area (Å²) in [5, 5.41) is 0. The van der Waals surface area contributed by atoms with Gasteiger partial charge in [-0.05, 0) is 43.2 Å². The van der Waals surface area contributed by atoms with Crippen LogP contribution in [0.1, 0.15) is 37.7 Å². The highest BCUT2D eigenvalue weighted by Crippen LogP contribution is 2.45. The molecule has 0 spiro atoms. The Morgan fingerprint density at radius 2 is 2.00 bits per heavy atom. The van der Waals surface area contributed by atoms with Gasteiger partial charge in [-0.1, -0.05) is 35.9 Å². The van der Waals surface area contributed by atoms with Crippen LogP contribution in [0.25, 0.3) is 0 Å². The summed E-state index contributed by atoms with van der Waals surface area (Å²) in [4.78, 5) is 11.8. The van der Waals surface area contributed by atoms with Crippen LogP contribution in [0.15, 0.2) is 42.0 Å². The van der Waals surface area contributed by atoms with Crippen LogP contribution < -0.4 is 0 Å². The second-order valence-corrected chi connectivity index (χ2v) is 7.34. The fourth-order valence-electron chi connectivity index (χ4n) is 4.27. The molecule has 2 unspecified atom stereocenters. The molecule has 4 nitrogen and oxygen atoms in total. The lowest BCUT2D eigenvalue weighted by molar-refractivity contribution is -0.199. The van der Waals surface area contributed by atoms with Gasteiger partial charge in [-0.25, -0.2) is 0 Å². The van der Waals surface area contributed by atoms with Crippen molar-refractivity contribution in [2.75, 3.05) is 13.2 Å². The summed E-state index contributed by atoms with van der Waals surface area (Å²) < 4.78 is 18.0. The summed E-state index contributed by atoms with van der Waals surface area (Å²) >= 11 is 0. The van der Waals surface area contributed by atoms with Crippen molar-refractivity contribution in [1.82, 2.24) is 0 Å². The molecule has 0 amide bonds. The number of carbonyl (C=O) groups excluding carboxylic acids is 1. The fourth-order valence-corrected chi connectivity index (χ4v) is 4.27. The number of carbonyl (C=O) groups is 1. The molecule has 1 aromatic carbocycles. The van der Waals surface area contributed by atoms with Crippen molar-refractivity contribution < 1.29 is 19.0 Å². The Hall–Kier alpha value is -1.49. The van der Waals surface area contributed by atoms with E-state index < -0.39 is 0 Å². The highest BCUT2D eigenvalue weighted by atomic mass is 16.7. The number of hydrogen-bond acceptors (Lipinski definition) is 4. The molecule has 1 saturated carbocycles. The van der Waals surface area contributed by atoms with Gasteiger partial charge in [0.25, 0.3) is 0 Å². The van der Waals surface area contributed by atoms with E-state index in [4.69, 9.17) is 14.2 Å². The first-order valence-corrected chi connectivity index (χ1v) is 9.41. The summed E-state index contributed by atoms with van der Waals surface area (Å²) in [5.74, 6) is 0.782. The summed E-state index contributed by atoms with van der Waals surface area (Å²) in [6, 6.07) is 10.2. The largest absolute Gasteiger partial charge is 0.376 e. The average Bonchev–Trinajstić information content (AvgIpc) is 3.13. The number of ketones is 1. The fraction of sp³-hybridized carbons (Fsp3) is 0.571. The SMILES string of the molecule is O=C1C=C2C[C@H](OC3CCCCO3)[C@@H](COCc3ccccc3)C2C1. The molecular weight excluding hydrogens is 316 g/mol. The van der Waals surface area contributed by atoms with Crippen LogP contribution in [0.3, 0.4) is 0 Å². The Kier molecular flexibility index (Phi) is 5.30. The summed E-state index contributed by atoms with van der Waals surface area (Å²) in [5.41, 5.74) is 2.42. The monoisotopic (exact) mass is 342 g/mol. The van der Waals surface area contributed by atoms with Crippen molar-refractivity contribution in [3.8, 4) is 0 Å². The van der Waals surface area contributed by atoms with Gasteiger partial charge in [0.2, 0.25) is 0 Å². The van der Waals surface area contributed by atoms with Crippen LogP contribution in [0.5, 0.6) is 0 Å². The van der Waals surface area contributed by atoms with Crippen molar-refractivity contribution in [2.24, 2.45) is 11.8 Å². The van der Waals surface area contributed by atoms with Crippen LogP contribution in [-0.4, -0.2) is 31.4 Å². The minimum absolute atomic E-state index is 0.0921. The standard InChI is InChI=1S/C21H26O4/c22-17-10-16-11-20(25-21-8-4-5-9-24-21)19(18(16)12-17)14-23-13-15-6-2-1-3-7-15/h1-3,6-7,10,18-21H,4-5,8-9,11-14H2/t18?,19-,20-,21?/m0/s1. The predicted molar refractivity (Wildman–Crippen MR) is 93.9 cm³/mol. The Morgan fingerprint density at radius 1 is 1.12 bits per heavy atom. The zero-order valence-electron chi connectivity index (χ0n) is 14.6. The number of hydrogen-bond donors (Lipinski definition) is 0. The van der Waals surface area contributed by atoms with Gasteiger partial charge < -0.3 is 14.2 Å². The van der Waals surface area contributed by atoms with E-state index in [2.05, 4.69) is 12.1 Å². The van der Waals surface area contributed by atoms with E-state index in [-0.39, 0.29) is 30.0 Å². The van der Waals surface area contributed by atoms with Gasteiger partial charge in [-0.15, -0.1) is 0 Å². The van der Waals surface area contributed by atoms with E-state index in [1.807, 2.05) is 24.3 Å².